The van der Waals surface area contributed by atoms with Crippen LogP contribution >= 0.6 is 11.8 Å². The summed E-state index contributed by atoms with van der Waals surface area (Å²) < 4.78 is 2.20. The number of carboxylic acid groups (broad SMARTS) is 1. The molecule has 0 aliphatic heterocycles. The van der Waals surface area contributed by atoms with Crippen molar-refractivity contribution in [3.05, 3.63) is 12.4 Å². The number of aliphatic carboxylic acids is 1. The maximum Gasteiger partial charge on any atom is 0.313 e. The van der Waals surface area contributed by atoms with Crippen LogP contribution in [-0.2, 0) is 4.79 Å². The zero-order chi connectivity index (χ0) is 13.7. The van der Waals surface area contributed by atoms with E-state index in [0.29, 0.717) is 6.04 Å². The SMILES string of the molecule is CCC(C1CCCCC1)n1ccnc1SCC(=O)O. The lowest BCUT2D eigenvalue weighted by atomic mass is 9.83. The number of hydrogen-bond acceptors (Lipinski definition) is 3. The Kier molecular flexibility index (Phi) is 5.31. The van der Waals surface area contributed by atoms with Crippen LogP contribution in [0.5, 0.6) is 0 Å². The topological polar surface area (TPSA) is 55.1 Å². The Labute approximate surface area is 118 Å². The van der Waals surface area contributed by atoms with E-state index in [9.17, 15) is 4.79 Å². The van der Waals surface area contributed by atoms with E-state index in [1.807, 2.05) is 6.20 Å². The number of aromatic nitrogens is 2. The van der Waals surface area contributed by atoms with Gasteiger partial charge >= 0.3 is 5.97 Å². The number of carboxylic acids is 1. The second-order valence-corrected chi connectivity index (χ2v) is 6.12. The molecule has 1 unspecified atom stereocenters. The highest BCUT2D eigenvalue weighted by Gasteiger charge is 2.25. The third-order valence-electron chi connectivity index (χ3n) is 3.93. The molecule has 2 rings (SSSR count). The van der Waals surface area contributed by atoms with Gasteiger partial charge in [-0.25, -0.2) is 4.98 Å². The van der Waals surface area contributed by atoms with Crippen LogP contribution in [0.3, 0.4) is 0 Å². The summed E-state index contributed by atoms with van der Waals surface area (Å²) in [6.45, 7) is 2.21. The fourth-order valence-electron chi connectivity index (χ4n) is 3.07. The van der Waals surface area contributed by atoms with Crippen LogP contribution in [0.4, 0.5) is 0 Å². The van der Waals surface area contributed by atoms with Gasteiger partial charge in [-0.1, -0.05) is 37.9 Å². The highest BCUT2D eigenvalue weighted by molar-refractivity contribution is 7.99. The zero-order valence-corrected chi connectivity index (χ0v) is 12.2. The van der Waals surface area contributed by atoms with E-state index < -0.39 is 5.97 Å². The Balaban J connectivity index is 2.09. The molecule has 1 aliphatic carbocycles. The molecule has 0 spiro atoms. The molecule has 1 atom stereocenters. The summed E-state index contributed by atoms with van der Waals surface area (Å²) in [5, 5.41) is 9.64. The van der Waals surface area contributed by atoms with Gasteiger partial charge in [-0.3, -0.25) is 4.79 Å². The number of hydrogen-bond donors (Lipinski definition) is 1. The Morgan fingerprint density at radius 3 is 2.89 bits per heavy atom. The summed E-state index contributed by atoms with van der Waals surface area (Å²) in [7, 11) is 0. The third kappa shape index (κ3) is 3.75. The second kappa shape index (κ2) is 6.98. The molecule has 0 saturated heterocycles. The molecule has 0 radical (unpaired) electrons. The summed E-state index contributed by atoms with van der Waals surface area (Å²) >= 11 is 1.32. The number of carbonyl (C=O) groups is 1. The van der Waals surface area contributed by atoms with Crippen molar-refractivity contribution in [1.29, 1.82) is 0 Å². The Morgan fingerprint density at radius 2 is 2.26 bits per heavy atom. The molecule has 19 heavy (non-hydrogen) atoms. The van der Waals surface area contributed by atoms with Crippen molar-refractivity contribution in [2.24, 2.45) is 5.92 Å². The molecule has 1 heterocycles. The number of thioether (sulfide) groups is 1. The average molecular weight is 282 g/mol. The smallest absolute Gasteiger partial charge is 0.313 e. The molecular formula is C14H22N2O2S. The second-order valence-electron chi connectivity index (χ2n) is 5.17. The number of imidazole rings is 1. The van der Waals surface area contributed by atoms with E-state index in [1.54, 1.807) is 6.20 Å². The molecule has 0 amide bonds. The van der Waals surface area contributed by atoms with Crippen LogP contribution in [0.25, 0.3) is 0 Å². The summed E-state index contributed by atoms with van der Waals surface area (Å²) in [6, 6.07) is 0.471. The van der Waals surface area contributed by atoms with Gasteiger partial charge in [0.15, 0.2) is 5.16 Å². The van der Waals surface area contributed by atoms with E-state index in [-0.39, 0.29) is 5.75 Å². The van der Waals surface area contributed by atoms with Gasteiger partial charge in [-0.15, -0.1) is 0 Å². The minimum atomic E-state index is -0.787. The van der Waals surface area contributed by atoms with Crippen molar-refractivity contribution < 1.29 is 9.90 Å². The van der Waals surface area contributed by atoms with Gasteiger partial charge in [-0.2, -0.15) is 0 Å². The van der Waals surface area contributed by atoms with Gasteiger partial charge in [-0.05, 0) is 25.2 Å². The molecule has 106 valence electrons. The number of nitrogens with zero attached hydrogens (tertiary/aromatic N) is 2. The van der Waals surface area contributed by atoms with E-state index >= 15 is 0 Å². The highest BCUT2D eigenvalue weighted by atomic mass is 32.2. The first-order chi connectivity index (χ1) is 9.22. The fourth-order valence-corrected chi connectivity index (χ4v) is 3.80. The molecule has 5 heteroatoms. The quantitative estimate of drug-likeness (QED) is 0.810. The Bertz CT molecular complexity index is 413. The Morgan fingerprint density at radius 1 is 1.53 bits per heavy atom. The molecule has 1 N–H and O–H groups in total. The van der Waals surface area contributed by atoms with Crippen LogP contribution in [0.1, 0.15) is 51.5 Å². The monoisotopic (exact) mass is 282 g/mol. The molecular weight excluding hydrogens is 260 g/mol. The van der Waals surface area contributed by atoms with E-state index in [4.69, 9.17) is 5.11 Å². The van der Waals surface area contributed by atoms with E-state index in [0.717, 1.165) is 17.5 Å². The van der Waals surface area contributed by atoms with Crippen molar-refractivity contribution in [3.63, 3.8) is 0 Å². The molecule has 1 aromatic rings. The van der Waals surface area contributed by atoms with Gasteiger partial charge < -0.3 is 9.67 Å². The van der Waals surface area contributed by atoms with Crippen LogP contribution in [0.15, 0.2) is 17.6 Å². The highest BCUT2D eigenvalue weighted by Crippen LogP contribution is 2.36. The average Bonchev–Trinajstić information content (AvgIpc) is 2.87. The van der Waals surface area contributed by atoms with Gasteiger partial charge in [0.25, 0.3) is 0 Å². The summed E-state index contributed by atoms with van der Waals surface area (Å²) in [6.07, 6.45) is 11.5. The normalized spacial score (nSPS) is 18.4. The lowest BCUT2D eigenvalue weighted by molar-refractivity contribution is -0.133. The van der Waals surface area contributed by atoms with Crippen LogP contribution in [0.2, 0.25) is 0 Å². The van der Waals surface area contributed by atoms with E-state index in [1.165, 1.54) is 43.9 Å². The maximum atomic E-state index is 10.7. The standard InChI is InChI=1S/C14H22N2O2S/c1-2-12(11-6-4-3-5-7-11)16-9-8-15-14(16)19-10-13(17)18/h8-9,11-12H,2-7,10H2,1H3,(H,17,18). The van der Waals surface area contributed by atoms with Crippen LogP contribution in [-0.4, -0.2) is 26.4 Å². The van der Waals surface area contributed by atoms with E-state index in [2.05, 4.69) is 16.5 Å². The molecule has 1 aliphatic rings. The van der Waals surface area contributed by atoms with Gasteiger partial charge in [0, 0.05) is 18.4 Å². The minimum Gasteiger partial charge on any atom is -0.481 e. The molecule has 1 saturated carbocycles. The largest absolute Gasteiger partial charge is 0.481 e. The fraction of sp³-hybridized carbons (Fsp3) is 0.714. The molecule has 1 aromatic heterocycles. The minimum absolute atomic E-state index is 0.0815. The van der Waals surface area contributed by atoms with Gasteiger partial charge in [0.2, 0.25) is 0 Å². The Hall–Kier alpha value is -0.970. The predicted octanol–water partition coefficient (Wildman–Crippen LogP) is 3.59. The first kappa shape index (κ1) is 14.4. The lowest BCUT2D eigenvalue weighted by Crippen LogP contribution is -2.21. The molecule has 0 aromatic carbocycles. The summed E-state index contributed by atoms with van der Waals surface area (Å²) in [4.78, 5) is 15.0. The molecule has 4 nitrogen and oxygen atoms in total. The van der Waals surface area contributed by atoms with Crippen LogP contribution in [0, 0.1) is 5.92 Å². The first-order valence-corrected chi connectivity index (χ1v) is 8.08. The number of rotatable bonds is 6. The van der Waals surface area contributed by atoms with Crippen LogP contribution < -0.4 is 0 Å². The van der Waals surface area contributed by atoms with Crippen molar-refractivity contribution in [2.75, 3.05) is 5.75 Å². The summed E-state index contributed by atoms with van der Waals surface area (Å²) in [5.74, 6) is 0.0142. The maximum absolute atomic E-state index is 10.7. The first-order valence-electron chi connectivity index (χ1n) is 7.09. The van der Waals surface area contributed by atoms with Crippen molar-refractivity contribution in [3.8, 4) is 0 Å². The predicted molar refractivity (Wildman–Crippen MR) is 76.5 cm³/mol. The van der Waals surface area contributed by atoms with Crippen molar-refractivity contribution >= 4 is 17.7 Å². The van der Waals surface area contributed by atoms with Crippen molar-refractivity contribution in [2.45, 2.75) is 56.6 Å². The summed E-state index contributed by atoms with van der Waals surface area (Å²) in [5.41, 5.74) is 0. The molecule has 1 fully saturated rings. The van der Waals surface area contributed by atoms with Crippen molar-refractivity contribution in [1.82, 2.24) is 9.55 Å². The van der Waals surface area contributed by atoms with Gasteiger partial charge in [0.1, 0.15) is 0 Å². The molecule has 0 bridgehead atoms. The zero-order valence-electron chi connectivity index (χ0n) is 11.4. The third-order valence-corrected chi connectivity index (χ3v) is 4.89. The van der Waals surface area contributed by atoms with Gasteiger partial charge in [0.05, 0.1) is 5.75 Å². The lowest BCUT2D eigenvalue weighted by Gasteiger charge is -2.31.